The van der Waals surface area contributed by atoms with E-state index < -0.39 is 18.0 Å². The van der Waals surface area contributed by atoms with Crippen molar-refractivity contribution in [1.82, 2.24) is 10.2 Å². The average Bonchev–Trinajstić information content (AvgIpc) is 3.39. The molecule has 1 aliphatic heterocycles. The van der Waals surface area contributed by atoms with E-state index in [2.05, 4.69) is 36.5 Å². The van der Waals surface area contributed by atoms with Crippen molar-refractivity contribution in [3.8, 4) is 11.1 Å². The highest BCUT2D eigenvalue weighted by atomic mass is 16.5. The lowest BCUT2D eigenvalue weighted by Crippen LogP contribution is -2.30. The number of nitrogens with one attached hydrogen (secondary N) is 1. The molecule has 2 aromatic rings. The summed E-state index contributed by atoms with van der Waals surface area (Å²) in [6, 6.07) is 16.5. The van der Waals surface area contributed by atoms with Crippen LogP contribution in [0, 0.1) is 17.8 Å². The molecule has 3 unspecified atom stereocenters. The van der Waals surface area contributed by atoms with E-state index in [1.165, 1.54) is 22.3 Å². The molecule has 1 heterocycles. The van der Waals surface area contributed by atoms with Crippen molar-refractivity contribution in [2.24, 2.45) is 17.8 Å². The molecule has 35 heavy (non-hydrogen) atoms. The highest BCUT2D eigenvalue weighted by Gasteiger charge is 2.36. The number of rotatable bonds is 9. The van der Waals surface area contributed by atoms with Gasteiger partial charge in [-0.1, -0.05) is 62.4 Å². The van der Waals surface area contributed by atoms with Crippen LogP contribution in [-0.4, -0.2) is 54.2 Å². The van der Waals surface area contributed by atoms with Crippen LogP contribution >= 0.6 is 0 Å². The van der Waals surface area contributed by atoms with Crippen LogP contribution in [0.5, 0.6) is 0 Å². The molecule has 2 amide bonds. The Bertz CT molecular complexity index is 1040. The molecule has 0 spiro atoms. The summed E-state index contributed by atoms with van der Waals surface area (Å²) >= 11 is 0. The van der Waals surface area contributed by atoms with Crippen molar-refractivity contribution in [3.63, 3.8) is 0 Å². The van der Waals surface area contributed by atoms with Crippen LogP contribution in [0.2, 0.25) is 0 Å². The van der Waals surface area contributed by atoms with Gasteiger partial charge in [-0.15, -0.1) is 0 Å². The van der Waals surface area contributed by atoms with E-state index in [9.17, 15) is 19.5 Å². The van der Waals surface area contributed by atoms with E-state index >= 15 is 0 Å². The van der Waals surface area contributed by atoms with Crippen LogP contribution in [0.3, 0.4) is 0 Å². The second kappa shape index (κ2) is 10.9. The van der Waals surface area contributed by atoms with E-state index in [0.717, 1.165) is 6.42 Å². The zero-order valence-electron chi connectivity index (χ0n) is 20.4. The third kappa shape index (κ3) is 5.66. The van der Waals surface area contributed by atoms with Gasteiger partial charge in [0.1, 0.15) is 6.61 Å². The topological polar surface area (TPSA) is 95.9 Å². The second-order valence-corrected chi connectivity index (χ2v) is 9.91. The minimum absolute atomic E-state index is 0.0111. The first-order valence-electron chi connectivity index (χ1n) is 12.4. The fraction of sp³-hybridized carbons (Fsp3) is 0.464. The van der Waals surface area contributed by atoms with E-state index in [0.29, 0.717) is 32.5 Å². The molecule has 186 valence electrons. The lowest BCUT2D eigenvalue weighted by atomic mass is 9.98. The third-order valence-electron chi connectivity index (χ3n) is 7.38. The average molecular weight is 479 g/mol. The Labute approximate surface area is 206 Å². The van der Waals surface area contributed by atoms with E-state index in [1.807, 2.05) is 31.2 Å². The van der Waals surface area contributed by atoms with Gasteiger partial charge in [0.15, 0.2) is 0 Å². The number of carbonyl (C=O) groups excluding carboxylic acids is 2. The van der Waals surface area contributed by atoms with Crippen molar-refractivity contribution < 1.29 is 24.2 Å². The second-order valence-electron chi connectivity index (χ2n) is 9.91. The van der Waals surface area contributed by atoms with Crippen LogP contribution in [0.15, 0.2) is 48.5 Å². The van der Waals surface area contributed by atoms with Gasteiger partial charge < -0.3 is 20.1 Å². The molecule has 0 aromatic heterocycles. The van der Waals surface area contributed by atoms with E-state index in [-0.39, 0.29) is 30.3 Å². The maximum Gasteiger partial charge on any atom is 0.407 e. The predicted molar refractivity (Wildman–Crippen MR) is 133 cm³/mol. The van der Waals surface area contributed by atoms with E-state index in [4.69, 9.17) is 4.74 Å². The summed E-state index contributed by atoms with van der Waals surface area (Å²) in [5.74, 6) is -1.03. The molecule has 0 saturated carbocycles. The monoisotopic (exact) mass is 478 g/mol. The van der Waals surface area contributed by atoms with Gasteiger partial charge >= 0.3 is 12.1 Å². The number of carbonyl (C=O) groups is 3. The molecule has 2 aromatic carbocycles. The molecule has 7 heteroatoms. The highest BCUT2D eigenvalue weighted by molar-refractivity contribution is 5.80. The summed E-state index contributed by atoms with van der Waals surface area (Å²) in [5.41, 5.74) is 4.76. The fourth-order valence-electron chi connectivity index (χ4n) is 5.23. The van der Waals surface area contributed by atoms with Gasteiger partial charge in [-0.3, -0.25) is 9.59 Å². The summed E-state index contributed by atoms with van der Waals surface area (Å²) in [5, 5.41) is 12.1. The lowest BCUT2D eigenvalue weighted by Gasteiger charge is -2.18. The van der Waals surface area contributed by atoms with Gasteiger partial charge in [0.2, 0.25) is 5.91 Å². The number of benzene rings is 2. The number of hydrogen-bond donors (Lipinski definition) is 2. The number of aliphatic carboxylic acids is 1. The number of carboxylic acid groups (broad SMARTS) is 1. The Hall–Kier alpha value is -3.35. The SMILES string of the molecule is CC(CCNC(=O)OCC1c2ccccc2-c2ccccc21)CCC(=O)N1CC(C)C(C(=O)O)C1. The molecule has 2 aliphatic rings. The van der Waals surface area contributed by atoms with Crippen LogP contribution in [-0.2, 0) is 14.3 Å². The molecule has 7 nitrogen and oxygen atoms in total. The zero-order valence-corrected chi connectivity index (χ0v) is 20.4. The summed E-state index contributed by atoms with van der Waals surface area (Å²) in [6.45, 7) is 5.51. The molecular formula is C28H34N2O5. The fourth-order valence-corrected chi connectivity index (χ4v) is 5.23. The zero-order chi connectivity index (χ0) is 24.9. The van der Waals surface area contributed by atoms with Crippen LogP contribution in [0.4, 0.5) is 4.79 Å². The molecule has 3 atom stereocenters. The van der Waals surface area contributed by atoms with Gasteiger partial charge in [0, 0.05) is 32.0 Å². The molecule has 1 aliphatic carbocycles. The lowest BCUT2D eigenvalue weighted by molar-refractivity contribution is -0.142. The molecule has 1 saturated heterocycles. The number of carboxylic acids is 1. The van der Waals surface area contributed by atoms with Crippen molar-refractivity contribution in [2.75, 3.05) is 26.2 Å². The largest absolute Gasteiger partial charge is 0.481 e. The van der Waals surface area contributed by atoms with Gasteiger partial charge in [-0.2, -0.15) is 0 Å². The molecule has 1 fully saturated rings. The normalized spacial score (nSPS) is 19.7. The minimum atomic E-state index is -0.833. The van der Waals surface area contributed by atoms with Gasteiger partial charge in [-0.05, 0) is 46.9 Å². The van der Waals surface area contributed by atoms with Gasteiger partial charge in [-0.25, -0.2) is 4.79 Å². The Kier molecular flexibility index (Phi) is 7.73. The molecule has 0 bridgehead atoms. The Balaban J connectivity index is 1.17. The summed E-state index contributed by atoms with van der Waals surface area (Å²) in [4.78, 5) is 37.7. The number of amides is 2. The number of nitrogens with zero attached hydrogens (tertiary/aromatic N) is 1. The first-order chi connectivity index (χ1) is 16.8. The minimum Gasteiger partial charge on any atom is -0.481 e. The standard InChI is InChI=1S/C28H34N2O5/c1-18(11-12-26(31)30-15-19(2)24(16-30)27(32)33)13-14-29-28(34)35-17-25-22-9-5-3-7-20(22)21-8-4-6-10-23(21)25/h3-10,18-19,24-25H,11-17H2,1-2H3,(H,29,34)(H,32,33). The van der Waals surface area contributed by atoms with Crippen molar-refractivity contribution >= 4 is 18.0 Å². The quantitative estimate of drug-likeness (QED) is 0.553. The summed E-state index contributed by atoms with van der Waals surface area (Å²) in [6.07, 6.45) is 1.41. The van der Waals surface area contributed by atoms with Crippen molar-refractivity contribution in [2.45, 2.75) is 39.0 Å². The highest BCUT2D eigenvalue weighted by Crippen LogP contribution is 2.44. The first-order valence-corrected chi connectivity index (χ1v) is 12.4. The first kappa shape index (κ1) is 24.8. The Morgan fingerprint density at radius 2 is 1.66 bits per heavy atom. The summed E-state index contributed by atoms with van der Waals surface area (Å²) < 4.78 is 5.57. The maximum atomic E-state index is 12.5. The molecular weight excluding hydrogens is 444 g/mol. The van der Waals surface area contributed by atoms with Crippen LogP contribution in [0.25, 0.3) is 11.1 Å². The summed E-state index contributed by atoms with van der Waals surface area (Å²) in [7, 11) is 0. The van der Waals surface area contributed by atoms with E-state index in [1.54, 1.807) is 4.90 Å². The van der Waals surface area contributed by atoms with Crippen molar-refractivity contribution in [3.05, 3.63) is 59.7 Å². The number of alkyl carbamates (subject to hydrolysis) is 1. The predicted octanol–water partition coefficient (Wildman–Crippen LogP) is 4.51. The molecule has 2 N–H and O–H groups in total. The third-order valence-corrected chi connectivity index (χ3v) is 7.38. The maximum absolute atomic E-state index is 12.5. The van der Waals surface area contributed by atoms with Crippen LogP contribution < -0.4 is 5.32 Å². The van der Waals surface area contributed by atoms with Crippen molar-refractivity contribution in [1.29, 1.82) is 0 Å². The Morgan fingerprint density at radius 1 is 1.03 bits per heavy atom. The Morgan fingerprint density at radius 3 is 2.26 bits per heavy atom. The molecule has 0 radical (unpaired) electrons. The van der Waals surface area contributed by atoms with Gasteiger partial charge in [0.05, 0.1) is 5.92 Å². The smallest absolute Gasteiger partial charge is 0.407 e. The number of hydrogen-bond acceptors (Lipinski definition) is 4. The number of likely N-dealkylation sites (tertiary alicyclic amines) is 1. The van der Waals surface area contributed by atoms with Crippen LogP contribution in [0.1, 0.15) is 50.2 Å². The molecule has 4 rings (SSSR count). The van der Waals surface area contributed by atoms with Gasteiger partial charge in [0.25, 0.3) is 0 Å². The number of ether oxygens (including phenoxy) is 1. The number of fused-ring (bicyclic) bond motifs is 3.